The molecule has 0 aliphatic carbocycles. The molecule has 0 amide bonds. The van der Waals surface area contributed by atoms with Crippen molar-refractivity contribution in [1.29, 1.82) is 0 Å². The number of allylic oxidation sites excluding steroid dienone is 4. The van der Waals surface area contributed by atoms with Crippen LogP contribution in [0.5, 0.6) is 11.5 Å². The molecule has 0 fully saturated rings. The van der Waals surface area contributed by atoms with Crippen LogP contribution in [0.15, 0.2) is 47.6 Å². The van der Waals surface area contributed by atoms with Crippen LogP contribution < -0.4 is 4.74 Å². The molecule has 0 spiro atoms. The molecule has 1 heterocycles. The number of aryl methyl sites for hydroxylation is 1. The van der Waals surface area contributed by atoms with Crippen molar-refractivity contribution in [3.05, 3.63) is 58.7 Å². The number of phenolic OH excluding ortho intramolecular Hbond substituents is 1. The Morgan fingerprint density at radius 2 is 1.89 bits per heavy atom. The normalized spacial score (nSPS) is 12.0. The topological polar surface area (TPSA) is 45.2 Å². The van der Waals surface area contributed by atoms with Crippen molar-refractivity contribution < 1.29 is 9.84 Å². The minimum absolute atomic E-state index is 0.317. The second kappa shape index (κ2) is 7.91. The third-order valence-electron chi connectivity index (χ3n) is 5.12. The van der Waals surface area contributed by atoms with E-state index < -0.39 is 0 Å². The van der Waals surface area contributed by atoms with Gasteiger partial charge in [-0.15, -0.1) is 0 Å². The number of phenols is 1. The Morgan fingerprint density at radius 3 is 2.59 bits per heavy atom. The highest BCUT2D eigenvalue weighted by atomic mass is 16.5. The van der Waals surface area contributed by atoms with E-state index in [-0.39, 0.29) is 0 Å². The van der Waals surface area contributed by atoms with Crippen molar-refractivity contribution >= 4 is 21.8 Å². The van der Waals surface area contributed by atoms with Gasteiger partial charge in [-0.1, -0.05) is 23.3 Å². The molecule has 27 heavy (non-hydrogen) atoms. The van der Waals surface area contributed by atoms with Crippen molar-refractivity contribution in [1.82, 2.24) is 4.98 Å². The summed E-state index contributed by atoms with van der Waals surface area (Å²) in [6, 6.07) is 7.99. The average molecular weight is 364 g/mol. The molecule has 0 atom stereocenters. The minimum atomic E-state index is 0.317. The van der Waals surface area contributed by atoms with Gasteiger partial charge in [-0.3, -0.25) is 0 Å². The summed E-state index contributed by atoms with van der Waals surface area (Å²) < 4.78 is 5.63. The molecule has 0 aliphatic heterocycles. The van der Waals surface area contributed by atoms with Crippen LogP contribution in [0.25, 0.3) is 21.8 Å². The van der Waals surface area contributed by atoms with Gasteiger partial charge in [0.15, 0.2) is 0 Å². The van der Waals surface area contributed by atoms with E-state index in [9.17, 15) is 5.11 Å². The molecule has 2 aromatic carbocycles. The monoisotopic (exact) mass is 363 g/mol. The predicted molar refractivity (Wildman–Crippen MR) is 115 cm³/mol. The number of hydrogen-bond donors (Lipinski definition) is 2. The highest BCUT2D eigenvalue weighted by Gasteiger charge is 2.13. The first-order valence-corrected chi connectivity index (χ1v) is 9.50. The van der Waals surface area contributed by atoms with Crippen LogP contribution in [0, 0.1) is 6.92 Å². The lowest BCUT2D eigenvalue weighted by molar-refractivity contribution is 0.411. The Balaban J connectivity index is 2.01. The molecule has 3 rings (SSSR count). The molecule has 0 radical (unpaired) electrons. The summed E-state index contributed by atoms with van der Waals surface area (Å²) in [6.45, 7) is 8.40. The number of H-pyrrole nitrogens is 1. The van der Waals surface area contributed by atoms with Crippen molar-refractivity contribution in [2.24, 2.45) is 0 Å². The third kappa shape index (κ3) is 4.02. The fourth-order valence-corrected chi connectivity index (χ4v) is 3.51. The van der Waals surface area contributed by atoms with Gasteiger partial charge in [0.05, 0.1) is 18.1 Å². The average Bonchev–Trinajstić information content (AvgIpc) is 2.97. The number of hydrogen-bond acceptors (Lipinski definition) is 2. The van der Waals surface area contributed by atoms with Crippen LogP contribution >= 0.6 is 0 Å². The number of aromatic amines is 1. The van der Waals surface area contributed by atoms with E-state index in [0.29, 0.717) is 5.75 Å². The van der Waals surface area contributed by atoms with E-state index in [1.807, 2.05) is 19.1 Å². The summed E-state index contributed by atoms with van der Waals surface area (Å²) >= 11 is 0. The number of benzene rings is 2. The quantitative estimate of drug-likeness (QED) is 0.486. The molecule has 0 bridgehead atoms. The summed E-state index contributed by atoms with van der Waals surface area (Å²) in [6.07, 6.45) is 7.55. The first-order chi connectivity index (χ1) is 12.9. The zero-order valence-corrected chi connectivity index (χ0v) is 16.9. The van der Waals surface area contributed by atoms with Gasteiger partial charge in [-0.2, -0.15) is 0 Å². The predicted octanol–water partition coefficient (Wildman–Crippen LogP) is 6.58. The van der Waals surface area contributed by atoms with E-state index in [4.69, 9.17) is 4.74 Å². The molecule has 3 aromatic rings. The van der Waals surface area contributed by atoms with Gasteiger partial charge in [-0.05, 0) is 70.7 Å². The number of ether oxygens (including phenoxy) is 1. The van der Waals surface area contributed by atoms with Crippen LogP contribution in [0.1, 0.15) is 44.7 Å². The zero-order valence-electron chi connectivity index (χ0n) is 16.9. The molecule has 1 aromatic heterocycles. The number of aromatic hydroxyl groups is 1. The highest BCUT2D eigenvalue weighted by molar-refractivity contribution is 6.09. The van der Waals surface area contributed by atoms with E-state index in [0.717, 1.165) is 52.6 Å². The zero-order chi connectivity index (χ0) is 19.6. The molecule has 2 N–H and O–H groups in total. The maximum Gasteiger partial charge on any atom is 0.124 e. The SMILES string of the molecule is COc1ccc2c([nH]c3cc(O)c(C)cc32)c1C/C=C(/C)CCC=C(C)C. The van der Waals surface area contributed by atoms with Gasteiger partial charge in [0.25, 0.3) is 0 Å². The Kier molecular flexibility index (Phi) is 5.59. The molecule has 0 aliphatic rings. The Bertz CT molecular complexity index is 1030. The first kappa shape index (κ1) is 19.1. The second-order valence-corrected chi connectivity index (χ2v) is 7.55. The number of methoxy groups -OCH3 is 1. The minimum Gasteiger partial charge on any atom is -0.508 e. The Morgan fingerprint density at radius 1 is 1.11 bits per heavy atom. The van der Waals surface area contributed by atoms with Gasteiger partial charge in [0.2, 0.25) is 0 Å². The van der Waals surface area contributed by atoms with Crippen molar-refractivity contribution in [2.75, 3.05) is 7.11 Å². The second-order valence-electron chi connectivity index (χ2n) is 7.55. The fourth-order valence-electron chi connectivity index (χ4n) is 3.51. The summed E-state index contributed by atoms with van der Waals surface area (Å²) in [5.74, 6) is 1.21. The van der Waals surface area contributed by atoms with Gasteiger partial charge in [0.1, 0.15) is 11.5 Å². The van der Waals surface area contributed by atoms with Crippen molar-refractivity contribution in [2.45, 2.75) is 47.0 Å². The molecular weight excluding hydrogens is 334 g/mol. The highest BCUT2D eigenvalue weighted by Crippen LogP contribution is 2.35. The summed E-state index contributed by atoms with van der Waals surface area (Å²) in [7, 11) is 1.72. The molecule has 0 saturated heterocycles. The van der Waals surface area contributed by atoms with Gasteiger partial charge < -0.3 is 14.8 Å². The Hall–Kier alpha value is -2.68. The molecule has 3 heteroatoms. The van der Waals surface area contributed by atoms with Crippen LogP contribution in [0.4, 0.5) is 0 Å². The lowest BCUT2D eigenvalue weighted by Crippen LogP contribution is -1.93. The largest absolute Gasteiger partial charge is 0.508 e. The molecule has 3 nitrogen and oxygen atoms in total. The number of rotatable bonds is 6. The maximum atomic E-state index is 10.1. The van der Waals surface area contributed by atoms with Gasteiger partial charge >= 0.3 is 0 Å². The molecule has 0 saturated carbocycles. The van der Waals surface area contributed by atoms with E-state index in [1.54, 1.807) is 13.2 Å². The van der Waals surface area contributed by atoms with Crippen LogP contribution in [-0.2, 0) is 6.42 Å². The maximum absolute atomic E-state index is 10.1. The molecule has 0 unspecified atom stereocenters. The van der Waals surface area contributed by atoms with Crippen LogP contribution in [0.3, 0.4) is 0 Å². The number of nitrogens with one attached hydrogen (secondary N) is 1. The summed E-state index contributed by atoms with van der Waals surface area (Å²) in [4.78, 5) is 3.49. The lowest BCUT2D eigenvalue weighted by Gasteiger charge is -2.09. The van der Waals surface area contributed by atoms with Crippen molar-refractivity contribution in [3.8, 4) is 11.5 Å². The third-order valence-corrected chi connectivity index (χ3v) is 5.12. The van der Waals surface area contributed by atoms with Crippen LogP contribution in [0.2, 0.25) is 0 Å². The van der Waals surface area contributed by atoms with E-state index in [2.05, 4.69) is 44.0 Å². The van der Waals surface area contributed by atoms with Crippen molar-refractivity contribution in [3.63, 3.8) is 0 Å². The van der Waals surface area contributed by atoms with E-state index in [1.165, 1.54) is 16.5 Å². The number of aromatic nitrogens is 1. The standard InChI is InChI=1S/C24H29NO2/c1-15(2)7-6-8-16(3)9-10-19-23(27-5)12-11-18-20-13-17(4)22(26)14-21(20)25-24(18)19/h7,9,11-14,25-26H,6,8,10H2,1-5H3/b16-9-. The number of fused-ring (bicyclic) bond motifs is 3. The van der Waals surface area contributed by atoms with Crippen LogP contribution in [-0.4, -0.2) is 17.2 Å². The fraction of sp³-hybridized carbons (Fsp3) is 0.333. The molecule has 142 valence electrons. The smallest absolute Gasteiger partial charge is 0.124 e. The molecular formula is C24H29NO2. The first-order valence-electron chi connectivity index (χ1n) is 9.50. The summed E-state index contributed by atoms with van der Waals surface area (Å²) in [5.41, 5.74) is 6.83. The lowest BCUT2D eigenvalue weighted by atomic mass is 10.0. The summed E-state index contributed by atoms with van der Waals surface area (Å²) in [5, 5.41) is 12.4. The Labute approximate surface area is 161 Å². The van der Waals surface area contributed by atoms with E-state index >= 15 is 0 Å². The van der Waals surface area contributed by atoms with Gasteiger partial charge in [0, 0.05) is 22.4 Å². The van der Waals surface area contributed by atoms with Gasteiger partial charge in [-0.25, -0.2) is 0 Å².